The number of amides is 1. The number of carbonyl (C=O) groups excluding carboxylic acids is 1. The van der Waals surface area contributed by atoms with E-state index in [9.17, 15) is 9.18 Å². The van der Waals surface area contributed by atoms with E-state index in [2.05, 4.69) is 15.3 Å². The van der Waals surface area contributed by atoms with E-state index in [1.165, 1.54) is 6.07 Å². The lowest BCUT2D eigenvalue weighted by atomic mass is 10.00. The second-order valence-electron chi connectivity index (χ2n) is 8.68. The molecule has 0 unspecified atom stereocenters. The van der Waals surface area contributed by atoms with Crippen molar-refractivity contribution in [1.29, 1.82) is 5.26 Å². The van der Waals surface area contributed by atoms with E-state index < -0.39 is 5.82 Å². The largest absolute Gasteiger partial charge is 0.340 e. The van der Waals surface area contributed by atoms with Gasteiger partial charge in [0.2, 0.25) is 5.91 Å². The molecule has 1 aliphatic rings. The second-order valence-corrected chi connectivity index (χ2v) is 8.68. The van der Waals surface area contributed by atoms with Gasteiger partial charge in [-0.25, -0.2) is 9.40 Å². The summed E-state index contributed by atoms with van der Waals surface area (Å²) in [5.41, 5.74) is 3.71. The van der Waals surface area contributed by atoms with Crippen LogP contribution < -0.4 is 5.01 Å². The summed E-state index contributed by atoms with van der Waals surface area (Å²) in [5.74, 6) is -0.339. The molecule has 1 heterocycles. The highest BCUT2D eigenvalue weighted by atomic mass is 19.1. The van der Waals surface area contributed by atoms with Crippen molar-refractivity contribution >= 4 is 11.6 Å². The minimum atomic E-state index is -0.465. The van der Waals surface area contributed by atoms with Crippen LogP contribution >= 0.6 is 0 Å². The Bertz CT molecular complexity index is 1050. The molecule has 0 atom stereocenters. The first-order valence-electron chi connectivity index (χ1n) is 11.4. The quantitative estimate of drug-likeness (QED) is 0.442. The molecular weight excluding hydrogens is 433 g/mol. The van der Waals surface area contributed by atoms with Gasteiger partial charge >= 0.3 is 0 Å². The molecule has 0 N–H and O–H groups in total. The Kier molecular flexibility index (Phi) is 8.55. The fraction of sp³-hybridized carbons (Fsp3) is 0.440. The number of benzene rings is 2. The van der Waals surface area contributed by atoms with Gasteiger partial charge < -0.3 is 4.90 Å². The predicted octanol–water partition coefficient (Wildman–Crippen LogP) is 3.22. The fourth-order valence-electron chi connectivity index (χ4n) is 3.94. The van der Waals surface area contributed by atoms with E-state index in [-0.39, 0.29) is 11.5 Å². The first-order chi connectivity index (χ1) is 16.3. The van der Waals surface area contributed by atoms with Crippen LogP contribution in [0.3, 0.4) is 0 Å². The van der Waals surface area contributed by atoms with Gasteiger partial charge in [0.25, 0.3) is 0 Å². The average Bonchev–Trinajstić information content (AvgIpc) is 2.83. The van der Waals surface area contributed by atoms with E-state index in [1.54, 1.807) is 23.0 Å². The van der Waals surface area contributed by atoms with Crippen molar-refractivity contribution in [3.63, 3.8) is 0 Å². The number of carbonyl (C=O) groups is 1. The molecule has 0 aromatic heterocycles. The third-order valence-electron chi connectivity index (χ3n) is 6.08. The molecule has 0 saturated carbocycles. The van der Waals surface area contributed by atoms with Crippen LogP contribution in [-0.2, 0) is 17.6 Å². The number of halogens is 1. The van der Waals surface area contributed by atoms with Crippen LogP contribution in [0.15, 0.2) is 46.8 Å². The zero-order valence-electron chi connectivity index (χ0n) is 20.3. The summed E-state index contributed by atoms with van der Waals surface area (Å²) in [6.07, 6.45) is 1.12. The summed E-state index contributed by atoms with van der Waals surface area (Å²) in [7, 11) is 5.44. The summed E-state index contributed by atoms with van der Waals surface area (Å²) in [6.45, 7) is 5.60. The minimum absolute atomic E-state index is 0.126. The predicted molar refractivity (Wildman–Crippen MR) is 130 cm³/mol. The molecule has 3 rings (SSSR count). The normalized spacial score (nSPS) is 14.3. The van der Waals surface area contributed by atoms with Gasteiger partial charge in [-0.15, -0.1) is 0 Å². The van der Waals surface area contributed by atoms with Crippen LogP contribution in [0, 0.1) is 24.1 Å². The maximum atomic E-state index is 13.7. The molecule has 0 spiro atoms. The summed E-state index contributed by atoms with van der Waals surface area (Å²) in [5, 5.41) is 20.5. The number of anilines is 1. The number of hydrogen-bond acceptors (Lipinski definition) is 5. The zero-order valence-corrected chi connectivity index (χ0v) is 20.3. The van der Waals surface area contributed by atoms with Gasteiger partial charge in [0.1, 0.15) is 11.9 Å². The van der Waals surface area contributed by atoms with Gasteiger partial charge in [0.05, 0.1) is 17.7 Å². The van der Waals surface area contributed by atoms with Gasteiger partial charge in [0, 0.05) is 53.9 Å². The molecule has 1 fully saturated rings. The van der Waals surface area contributed by atoms with Gasteiger partial charge in [0.15, 0.2) is 0 Å². The molecule has 34 heavy (non-hydrogen) atoms. The Balaban J connectivity index is 1.46. The molecule has 1 aliphatic heterocycles. The topological polar surface area (TPSA) is 78.5 Å². The number of nitrogens with zero attached hydrogens (tertiary/aromatic N) is 7. The van der Waals surface area contributed by atoms with Crippen molar-refractivity contribution in [2.45, 2.75) is 19.8 Å². The van der Waals surface area contributed by atoms with Crippen molar-refractivity contribution in [3.05, 3.63) is 64.5 Å². The van der Waals surface area contributed by atoms with Gasteiger partial charge in [-0.05, 0) is 53.5 Å². The first-order valence-corrected chi connectivity index (χ1v) is 11.4. The van der Waals surface area contributed by atoms with Crippen molar-refractivity contribution in [2.24, 2.45) is 10.4 Å². The molecule has 1 amide bonds. The lowest BCUT2D eigenvalue weighted by molar-refractivity contribution is -0.132. The molecule has 2 aromatic rings. The Labute approximate surface area is 200 Å². The van der Waals surface area contributed by atoms with Crippen LogP contribution in [-0.4, -0.2) is 74.6 Å². The van der Waals surface area contributed by atoms with E-state index in [0.29, 0.717) is 25.1 Å². The second kappa shape index (κ2) is 11.6. The van der Waals surface area contributed by atoms with Crippen molar-refractivity contribution < 1.29 is 9.18 Å². The Morgan fingerprint density at radius 1 is 1.06 bits per heavy atom. The molecule has 9 heteroatoms. The van der Waals surface area contributed by atoms with Crippen LogP contribution in [0.5, 0.6) is 0 Å². The SMILES string of the molecule is Cc1c(CCN2CCN(C(=O)Cc3ccc(N(C)/N=N\N(C)C)cc3)CC2)ccc(F)c1C#N. The monoisotopic (exact) mass is 465 g/mol. The number of piperazine rings is 1. The van der Waals surface area contributed by atoms with Crippen molar-refractivity contribution in [1.82, 2.24) is 14.8 Å². The van der Waals surface area contributed by atoms with Crippen LogP contribution in [0.2, 0.25) is 0 Å². The number of hydrogen-bond donors (Lipinski definition) is 0. The van der Waals surface area contributed by atoms with Crippen LogP contribution in [0.25, 0.3) is 0 Å². The lowest BCUT2D eigenvalue weighted by Crippen LogP contribution is -2.49. The third-order valence-corrected chi connectivity index (χ3v) is 6.08. The summed E-state index contributed by atoms with van der Waals surface area (Å²) in [4.78, 5) is 17.0. The van der Waals surface area contributed by atoms with Crippen molar-refractivity contribution in [2.75, 3.05) is 58.9 Å². The molecule has 0 aliphatic carbocycles. The number of nitriles is 1. The minimum Gasteiger partial charge on any atom is -0.340 e. The first kappa shape index (κ1) is 25.1. The molecule has 2 aromatic carbocycles. The molecule has 8 nitrogen and oxygen atoms in total. The van der Waals surface area contributed by atoms with E-state index in [4.69, 9.17) is 5.26 Å². The van der Waals surface area contributed by atoms with E-state index >= 15 is 0 Å². The smallest absolute Gasteiger partial charge is 0.227 e. The lowest BCUT2D eigenvalue weighted by Gasteiger charge is -2.35. The highest BCUT2D eigenvalue weighted by Crippen LogP contribution is 2.19. The van der Waals surface area contributed by atoms with Gasteiger partial charge in [-0.3, -0.25) is 14.7 Å². The fourth-order valence-corrected chi connectivity index (χ4v) is 3.94. The van der Waals surface area contributed by atoms with Gasteiger partial charge in [-0.2, -0.15) is 5.26 Å². The molecule has 1 saturated heterocycles. The maximum Gasteiger partial charge on any atom is 0.227 e. The van der Waals surface area contributed by atoms with E-state index in [0.717, 1.165) is 42.9 Å². The number of rotatable bonds is 8. The van der Waals surface area contributed by atoms with Gasteiger partial charge in [-0.1, -0.05) is 23.4 Å². The Morgan fingerprint density at radius 3 is 2.35 bits per heavy atom. The Hall–Kier alpha value is -3.51. The molecule has 180 valence electrons. The Morgan fingerprint density at radius 2 is 1.74 bits per heavy atom. The average molecular weight is 466 g/mol. The van der Waals surface area contributed by atoms with Crippen molar-refractivity contribution in [3.8, 4) is 6.07 Å². The molecule has 0 bridgehead atoms. The van der Waals surface area contributed by atoms with E-state index in [1.807, 2.05) is 56.4 Å². The third kappa shape index (κ3) is 6.51. The zero-order chi connectivity index (χ0) is 24.7. The summed E-state index contributed by atoms with van der Waals surface area (Å²) >= 11 is 0. The molecular formula is C25H32FN7O. The standard InChI is InChI=1S/C25H32FN7O/c1-19-21(7-10-24(26)23(19)18-27)11-12-32-13-15-33(16-14-32)25(34)17-20-5-8-22(9-6-20)31(4)29-28-30(2)3/h5-10H,11-17H2,1-4H3/b29-28-. The summed E-state index contributed by atoms with van der Waals surface area (Å²) in [6, 6.07) is 12.9. The highest BCUT2D eigenvalue weighted by molar-refractivity contribution is 5.79. The maximum absolute atomic E-state index is 13.7. The highest BCUT2D eigenvalue weighted by Gasteiger charge is 2.21. The van der Waals surface area contributed by atoms with Crippen LogP contribution in [0.1, 0.15) is 22.3 Å². The molecule has 0 radical (unpaired) electrons. The summed E-state index contributed by atoms with van der Waals surface area (Å²) < 4.78 is 13.7. The van der Waals surface area contributed by atoms with Crippen LogP contribution in [0.4, 0.5) is 10.1 Å².